The minimum atomic E-state index is -4.45. The van der Waals surface area contributed by atoms with E-state index in [0.29, 0.717) is 11.4 Å². The molecular weight excluding hydrogens is 311 g/mol. The fraction of sp³-hybridized carbons (Fsp3) is 0.500. The first kappa shape index (κ1) is 17.0. The number of hydrogen-bond acceptors (Lipinski definition) is 3. The van der Waals surface area contributed by atoms with E-state index in [0.717, 1.165) is 10.7 Å². The molecule has 2 aromatic rings. The lowest BCUT2D eigenvalue weighted by molar-refractivity contribution is -0.144. The van der Waals surface area contributed by atoms with Crippen LogP contribution in [0.1, 0.15) is 28.8 Å². The van der Waals surface area contributed by atoms with Crippen LogP contribution in [0.3, 0.4) is 0 Å². The summed E-state index contributed by atoms with van der Waals surface area (Å²) in [6.07, 6.45) is -1.52. The molecule has 0 aliphatic rings. The second kappa shape index (κ2) is 6.43. The van der Waals surface area contributed by atoms with Crippen molar-refractivity contribution in [1.82, 2.24) is 24.6 Å². The van der Waals surface area contributed by atoms with E-state index in [9.17, 15) is 18.0 Å². The number of imidazole rings is 1. The first-order valence-corrected chi connectivity index (χ1v) is 7.04. The molecule has 0 spiro atoms. The Morgan fingerprint density at radius 1 is 1.43 bits per heavy atom. The van der Waals surface area contributed by atoms with Gasteiger partial charge in [0.1, 0.15) is 11.4 Å². The number of nitrogens with one attached hydrogen (secondary N) is 1. The van der Waals surface area contributed by atoms with Crippen LogP contribution in [0.5, 0.6) is 0 Å². The molecular formula is C14H18F3N5O. The van der Waals surface area contributed by atoms with Gasteiger partial charge in [0, 0.05) is 20.1 Å². The third kappa shape index (κ3) is 4.11. The monoisotopic (exact) mass is 329 g/mol. The van der Waals surface area contributed by atoms with Crippen molar-refractivity contribution in [3.8, 4) is 0 Å². The van der Waals surface area contributed by atoms with Crippen LogP contribution in [0.25, 0.3) is 0 Å². The molecule has 6 nitrogen and oxygen atoms in total. The SMILES string of the molecule is Cc1cc(C(F)(F)F)n(C[C@H](C)CNC(=O)c2cncn2C)n1. The van der Waals surface area contributed by atoms with Crippen molar-refractivity contribution in [2.45, 2.75) is 26.6 Å². The second-order valence-corrected chi connectivity index (χ2v) is 5.56. The van der Waals surface area contributed by atoms with Crippen molar-refractivity contribution in [3.05, 3.63) is 35.7 Å². The van der Waals surface area contributed by atoms with Crippen molar-refractivity contribution in [2.24, 2.45) is 13.0 Å². The molecule has 0 aromatic carbocycles. The van der Waals surface area contributed by atoms with Crippen LogP contribution >= 0.6 is 0 Å². The molecule has 2 aromatic heterocycles. The van der Waals surface area contributed by atoms with Gasteiger partial charge in [-0.2, -0.15) is 18.3 Å². The molecule has 0 bridgehead atoms. The maximum atomic E-state index is 12.9. The van der Waals surface area contributed by atoms with Gasteiger partial charge in [-0.3, -0.25) is 9.48 Å². The van der Waals surface area contributed by atoms with Crippen molar-refractivity contribution in [2.75, 3.05) is 6.54 Å². The average molecular weight is 329 g/mol. The molecule has 0 fully saturated rings. The molecule has 0 unspecified atom stereocenters. The number of hydrogen-bond donors (Lipinski definition) is 1. The molecule has 0 saturated carbocycles. The van der Waals surface area contributed by atoms with E-state index >= 15 is 0 Å². The smallest absolute Gasteiger partial charge is 0.350 e. The minimum Gasteiger partial charge on any atom is -0.350 e. The molecule has 2 heterocycles. The molecule has 1 atom stereocenters. The number of nitrogens with zero attached hydrogens (tertiary/aromatic N) is 4. The van der Waals surface area contributed by atoms with E-state index in [2.05, 4.69) is 15.4 Å². The number of aryl methyl sites for hydroxylation is 2. The van der Waals surface area contributed by atoms with Gasteiger partial charge in [0.05, 0.1) is 18.2 Å². The van der Waals surface area contributed by atoms with Gasteiger partial charge in [-0.25, -0.2) is 4.98 Å². The topological polar surface area (TPSA) is 64.7 Å². The summed E-state index contributed by atoms with van der Waals surface area (Å²) in [4.78, 5) is 15.8. The molecule has 0 aliphatic heterocycles. The number of carbonyl (C=O) groups is 1. The van der Waals surface area contributed by atoms with Crippen LogP contribution in [0.15, 0.2) is 18.6 Å². The second-order valence-electron chi connectivity index (χ2n) is 5.56. The summed E-state index contributed by atoms with van der Waals surface area (Å²) in [5.41, 5.74) is -0.0774. The van der Waals surface area contributed by atoms with Crippen LogP contribution in [-0.4, -0.2) is 31.8 Å². The predicted molar refractivity (Wildman–Crippen MR) is 76.7 cm³/mol. The maximum Gasteiger partial charge on any atom is 0.433 e. The van der Waals surface area contributed by atoms with Crippen LogP contribution in [0, 0.1) is 12.8 Å². The lowest BCUT2D eigenvalue weighted by atomic mass is 10.2. The minimum absolute atomic E-state index is 0.0638. The standard InChI is InChI=1S/C14H18F3N5O/c1-9(5-19-13(23)11-6-18-8-21(11)3)7-22-12(14(15,16)17)4-10(2)20-22/h4,6,8-9H,5,7H2,1-3H3,(H,19,23)/t9-/m1/s1. The summed E-state index contributed by atoms with van der Waals surface area (Å²) >= 11 is 0. The molecule has 0 saturated heterocycles. The van der Waals surface area contributed by atoms with E-state index in [-0.39, 0.29) is 24.9 Å². The lowest BCUT2D eigenvalue weighted by Gasteiger charge is -2.16. The Bertz CT molecular complexity index is 689. The van der Waals surface area contributed by atoms with E-state index in [1.807, 2.05) is 0 Å². The third-order valence-corrected chi connectivity index (χ3v) is 3.34. The number of amides is 1. The number of halogens is 3. The van der Waals surface area contributed by atoms with E-state index in [1.54, 1.807) is 18.5 Å². The first-order chi connectivity index (χ1) is 10.7. The van der Waals surface area contributed by atoms with Gasteiger partial charge < -0.3 is 9.88 Å². The zero-order valence-electron chi connectivity index (χ0n) is 13.1. The molecule has 1 amide bonds. The highest BCUT2D eigenvalue weighted by Crippen LogP contribution is 2.30. The van der Waals surface area contributed by atoms with Gasteiger partial charge in [-0.1, -0.05) is 6.92 Å². The molecule has 0 radical (unpaired) electrons. The van der Waals surface area contributed by atoms with Gasteiger partial charge in [0.25, 0.3) is 5.91 Å². The fourth-order valence-electron chi connectivity index (χ4n) is 2.21. The van der Waals surface area contributed by atoms with E-state index in [4.69, 9.17) is 0 Å². The molecule has 9 heteroatoms. The van der Waals surface area contributed by atoms with Crippen LogP contribution in [-0.2, 0) is 19.8 Å². The summed E-state index contributed by atoms with van der Waals surface area (Å²) in [5, 5.41) is 6.57. The van der Waals surface area contributed by atoms with Crippen LogP contribution in [0.4, 0.5) is 13.2 Å². The Labute approximate surface area is 131 Å². The highest BCUT2D eigenvalue weighted by atomic mass is 19.4. The highest BCUT2D eigenvalue weighted by molar-refractivity contribution is 5.92. The molecule has 23 heavy (non-hydrogen) atoms. The quantitative estimate of drug-likeness (QED) is 0.913. The zero-order chi connectivity index (χ0) is 17.2. The summed E-state index contributed by atoms with van der Waals surface area (Å²) in [5.74, 6) is -0.530. The van der Waals surface area contributed by atoms with Crippen molar-refractivity contribution < 1.29 is 18.0 Å². The average Bonchev–Trinajstić information content (AvgIpc) is 3.01. The number of rotatable bonds is 5. The molecule has 2 rings (SSSR count). The fourth-order valence-corrected chi connectivity index (χ4v) is 2.21. The Kier molecular flexibility index (Phi) is 4.76. The van der Waals surface area contributed by atoms with Crippen LogP contribution < -0.4 is 5.32 Å². The summed E-state index contributed by atoms with van der Waals surface area (Å²) in [6.45, 7) is 3.57. The van der Waals surface area contributed by atoms with Crippen molar-refractivity contribution in [3.63, 3.8) is 0 Å². The Hall–Kier alpha value is -2.32. The Morgan fingerprint density at radius 2 is 2.13 bits per heavy atom. The Balaban J connectivity index is 1.97. The largest absolute Gasteiger partial charge is 0.433 e. The summed E-state index contributed by atoms with van der Waals surface area (Å²) in [6, 6.07) is 1.01. The number of carbonyl (C=O) groups excluding carboxylic acids is 1. The van der Waals surface area contributed by atoms with Crippen molar-refractivity contribution in [1.29, 1.82) is 0 Å². The maximum absolute atomic E-state index is 12.9. The predicted octanol–water partition coefficient (Wildman–Crippen LogP) is 2.01. The van der Waals surface area contributed by atoms with Crippen molar-refractivity contribution >= 4 is 5.91 Å². The van der Waals surface area contributed by atoms with Gasteiger partial charge in [-0.15, -0.1) is 0 Å². The van der Waals surface area contributed by atoms with Gasteiger partial charge in [-0.05, 0) is 18.9 Å². The lowest BCUT2D eigenvalue weighted by Crippen LogP contribution is -2.31. The molecule has 126 valence electrons. The number of aromatic nitrogens is 4. The Morgan fingerprint density at radius 3 is 2.70 bits per heavy atom. The molecule has 1 N–H and O–H groups in total. The van der Waals surface area contributed by atoms with Gasteiger partial charge in [0.2, 0.25) is 0 Å². The molecule has 0 aliphatic carbocycles. The normalized spacial score (nSPS) is 13.1. The highest BCUT2D eigenvalue weighted by Gasteiger charge is 2.35. The van der Waals surface area contributed by atoms with Gasteiger partial charge in [0.15, 0.2) is 0 Å². The van der Waals surface area contributed by atoms with E-state index < -0.39 is 11.9 Å². The first-order valence-electron chi connectivity index (χ1n) is 7.04. The third-order valence-electron chi connectivity index (χ3n) is 3.34. The van der Waals surface area contributed by atoms with Gasteiger partial charge >= 0.3 is 6.18 Å². The van der Waals surface area contributed by atoms with Crippen LogP contribution in [0.2, 0.25) is 0 Å². The summed E-state index contributed by atoms with van der Waals surface area (Å²) in [7, 11) is 1.69. The summed E-state index contributed by atoms with van der Waals surface area (Å²) < 4.78 is 41.3. The van der Waals surface area contributed by atoms with E-state index in [1.165, 1.54) is 19.4 Å². The number of alkyl halides is 3. The zero-order valence-corrected chi connectivity index (χ0v) is 13.1.